The van der Waals surface area contributed by atoms with Crippen molar-refractivity contribution in [1.82, 2.24) is 10.2 Å². The predicted molar refractivity (Wildman–Crippen MR) is 67.0 cm³/mol. The molecule has 0 heterocycles. The van der Waals surface area contributed by atoms with Gasteiger partial charge in [0.15, 0.2) is 0 Å². The predicted octanol–water partition coefficient (Wildman–Crippen LogP) is 1.33. The molecule has 8 heteroatoms. The Morgan fingerprint density at radius 1 is 1.35 bits per heavy atom. The first-order valence-electron chi connectivity index (χ1n) is 6.34. The highest BCUT2D eigenvalue weighted by molar-refractivity contribution is 5.79. The number of nitrogens with one attached hydrogen (secondary N) is 1. The van der Waals surface area contributed by atoms with Crippen LogP contribution in [0.3, 0.4) is 0 Å². The second-order valence-electron chi connectivity index (χ2n) is 4.45. The van der Waals surface area contributed by atoms with E-state index >= 15 is 0 Å². The summed E-state index contributed by atoms with van der Waals surface area (Å²) in [4.78, 5) is 23.3. The molecule has 0 aromatic heterocycles. The number of alkyl halides is 3. The van der Waals surface area contributed by atoms with Gasteiger partial charge in [-0.3, -0.25) is 9.59 Å². The first-order valence-corrected chi connectivity index (χ1v) is 6.34. The van der Waals surface area contributed by atoms with Gasteiger partial charge in [-0.25, -0.2) is 0 Å². The topological polar surface area (TPSA) is 58.6 Å². The fourth-order valence-electron chi connectivity index (χ4n) is 1.35. The van der Waals surface area contributed by atoms with Crippen LogP contribution in [0.4, 0.5) is 13.2 Å². The van der Waals surface area contributed by atoms with E-state index in [-0.39, 0.29) is 25.6 Å². The van der Waals surface area contributed by atoms with Crippen LogP contribution in [0.5, 0.6) is 0 Å². The molecular weight excluding hydrogens is 277 g/mol. The third-order valence-electron chi connectivity index (χ3n) is 2.75. The summed E-state index contributed by atoms with van der Waals surface area (Å²) in [5, 5.41) is 2.83. The standard InChI is InChI=1S/C12H21F3N2O3/c1-4-9(2)16-7-10(18)17(8-12(13,14)15)6-5-11(19)20-3/h9,16H,4-8H2,1-3H3. The number of hydrogen-bond donors (Lipinski definition) is 1. The van der Waals surface area contributed by atoms with E-state index in [0.29, 0.717) is 4.90 Å². The number of rotatable bonds is 8. The molecule has 1 atom stereocenters. The molecule has 0 aliphatic carbocycles. The van der Waals surface area contributed by atoms with Crippen LogP contribution in [-0.4, -0.2) is 55.7 Å². The average Bonchev–Trinajstić information content (AvgIpc) is 2.38. The van der Waals surface area contributed by atoms with Gasteiger partial charge in [-0.2, -0.15) is 13.2 Å². The van der Waals surface area contributed by atoms with Crippen LogP contribution in [0.1, 0.15) is 26.7 Å². The van der Waals surface area contributed by atoms with E-state index in [1.165, 1.54) is 0 Å². The largest absolute Gasteiger partial charge is 0.469 e. The van der Waals surface area contributed by atoms with Gasteiger partial charge in [0, 0.05) is 12.6 Å². The Kier molecular flexibility index (Phi) is 8.21. The zero-order valence-electron chi connectivity index (χ0n) is 11.9. The SMILES string of the molecule is CCC(C)NCC(=O)N(CCC(=O)OC)CC(F)(F)F. The van der Waals surface area contributed by atoms with E-state index in [2.05, 4.69) is 10.1 Å². The lowest BCUT2D eigenvalue weighted by molar-refractivity contribution is -0.162. The zero-order chi connectivity index (χ0) is 15.8. The number of esters is 1. The number of amides is 1. The molecular formula is C12H21F3N2O3. The number of hydrogen-bond acceptors (Lipinski definition) is 4. The van der Waals surface area contributed by atoms with Crippen molar-refractivity contribution in [3.63, 3.8) is 0 Å². The van der Waals surface area contributed by atoms with Crippen molar-refractivity contribution in [1.29, 1.82) is 0 Å². The monoisotopic (exact) mass is 298 g/mol. The Morgan fingerprint density at radius 3 is 2.40 bits per heavy atom. The van der Waals surface area contributed by atoms with Gasteiger partial charge in [-0.05, 0) is 13.3 Å². The fourth-order valence-corrected chi connectivity index (χ4v) is 1.35. The zero-order valence-corrected chi connectivity index (χ0v) is 11.9. The Labute approximate surface area is 116 Å². The minimum Gasteiger partial charge on any atom is -0.469 e. The number of methoxy groups -OCH3 is 1. The summed E-state index contributed by atoms with van der Waals surface area (Å²) in [7, 11) is 1.14. The molecule has 1 amide bonds. The lowest BCUT2D eigenvalue weighted by Gasteiger charge is -2.24. The van der Waals surface area contributed by atoms with E-state index in [1.54, 1.807) is 0 Å². The normalized spacial score (nSPS) is 12.9. The van der Waals surface area contributed by atoms with Crippen molar-refractivity contribution >= 4 is 11.9 Å². The van der Waals surface area contributed by atoms with E-state index in [1.807, 2.05) is 13.8 Å². The van der Waals surface area contributed by atoms with Crippen molar-refractivity contribution in [2.45, 2.75) is 38.9 Å². The Morgan fingerprint density at radius 2 is 1.95 bits per heavy atom. The second kappa shape index (κ2) is 8.78. The highest BCUT2D eigenvalue weighted by Gasteiger charge is 2.33. The van der Waals surface area contributed by atoms with Crippen molar-refractivity contribution < 1.29 is 27.5 Å². The van der Waals surface area contributed by atoms with E-state index in [9.17, 15) is 22.8 Å². The van der Waals surface area contributed by atoms with Gasteiger partial charge >= 0.3 is 12.1 Å². The molecule has 118 valence electrons. The Balaban J connectivity index is 4.49. The van der Waals surface area contributed by atoms with Gasteiger partial charge < -0.3 is 15.0 Å². The van der Waals surface area contributed by atoms with Crippen LogP contribution < -0.4 is 5.32 Å². The summed E-state index contributed by atoms with van der Waals surface area (Å²) in [6.07, 6.45) is -4.00. The van der Waals surface area contributed by atoms with Gasteiger partial charge in [0.05, 0.1) is 20.1 Å². The maximum atomic E-state index is 12.4. The minimum atomic E-state index is -4.50. The molecule has 0 aliphatic heterocycles. The Hall–Kier alpha value is -1.31. The van der Waals surface area contributed by atoms with E-state index in [4.69, 9.17) is 0 Å². The minimum absolute atomic E-state index is 0.0345. The summed E-state index contributed by atoms with van der Waals surface area (Å²) >= 11 is 0. The van der Waals surface area contributed by atoms with Crippen LogP contribution in [0.2, 0.25) is 0 Å². The van der Waals surface area contributed by atoms with Crippen LogP contribution >= 0.6 is 0 Å². The quantitative estimate of drug-likeness (QED) is 0.687. The van der Waals surface area contributed by atoms with Crippen LogP contribution in [0, 0.1) is 0 Å². The van der Waals surface area contributed by atoms with Crippen LogP contribution in [0.15, 0.2) is 0 Å². The molecule has 0 spiro atoms. The maximum absolute atomic E-state index is 12.4. The summed E-state index contributed by atoms with van der Waals surface area (Å²) in [5.41, 5.74) is 0. The van der Waals surface area contributed by atoms with Crippen molar-refractivity contribution in [3.05, 3.63) is 0 Å². The highest BCUT2D eigenvalue weighted by Crippen LogP contribution is 2.16. The lowest BCUT2D eigenvalue weighted by Crippen LogP contribution is -2.45. The fraction of sp³-hybridized carbons (Fsp3) is 0.833. The number of ether oxygens (including phenoxy) is 1. The van der Waals surface area contributed by atoms with Gasteiger partial charge in [0.25, 0.3) is 0 Å². The van der Waals surface area contributed by atoms with Crippen molar-refractivity contribution in [3.8, 4) is 0 Å². The third kappa shape index (κ3) is 8.73. The van der Waals surface area contributed by atoms with Gasteiger partial charge in [0.2, 0.25) is 5.91 Å². The molecule has 20 heavy (non-hydrogen) atoms. The summed E-state index contributed by atoms with van der Waals surface area (Å²) in [5.74, 6) is -1.34. The number of carbonyl (C=O) groups excluding carboxylic acids is 2. The third-order valence-corrected chi connectivity index (χ3v) is 2.75. The van der Waals surface area contributed by atoms with Gasteiger partial charge in [0.1, 0.15) is 6.54 Å². The molecule has 0 aromatic carbocycles. The molecule has 0 rings (SSSR count). The molecule has 0 radical (unpaired) electrons. The number of carbonyl (C=O) groups is 2. The summed E-state index contributed by atoms with van der Waals surface area (Å²) in [6, 6.07) is 0.0345. The second-order valence-corrected chi connectivity index (χ2v) is 4.45. The molecule has 0 bridgehead atoms. The van der Waals surface area contributed by atoms with Crippen molar-refractivity contribution in [2.75, 3.05) is 26.7 Å². The molecule has 1 unspecified atom stereocenters. The van der Waals surface area contributed by atoms with E-state index in [0.717, 1.165) is 13.5 Å². The average molecular weight is 298 g/mol. The smallest absolute Gasteiger partial charge is 0.406 e. The molecule has 0 saturated carbocycles. The summed E-state index contributed by atoms with van der Waals surface area (Å²) in [6.45, 7) is 1.85. The number of nitrogens with zero attached hydrogens (tertiary/aromatic N) is 1. The molecule has 1 N–H and O–H groups in total. The molecule has 0 saturated heterocycles. The molecule has 0 aliphatic rings. The highest BCUT2D eigenvalue weighted by atomic mass is 19.4. The van der Waals surface area contributed by atoms with Gasteiger partial charge in [-0.15, -0.1) is 0 Å². The van der Waals surface area contributed by atoms with Crippen LogP contribution in [0.25, 0.3) is 0 Å². The molecule has 0 fully saturated rings. The van der Waals surface area contributed by atoms with Crippen LogP contribution in [-0.2, 0) is 14.3 Å². The van der Waals surface area contributed by atoms with Gasteiger partial charge in [-0.1, -0.05) is 6.92 Å². The first-order chi connectivity index (χ1) is 9.19. The summed E-state index contributed by atoms with van der Waals surface area (Å²) < 4.78 is 41.6. The first kappa shape index (κ1) is 18.7. The van der Waals surface area contributed by atoms with Crippen molar-refractivity contribution in [2.24, 2.45) is 0 Å². The lowest BCUT2D eigenvalue weighted by atomic mass is 10.2. The number of halogens is 3. The van der Waals surface area contributed by atoms with E-state index < -0.39 is 24.6 Å². The maximum Gasteiger partial charge on any atom is 0.406 e. The molecule has 5 nitrogen and oxygen atoms in total. The Bertz CT molecular complexity index is 322. The molecule has 0 aromatic rings.